The molecule has 0 saturated carbocycles. The van der Waals surface area contributed by atoms with Crippen molar-refractivity contribution in [3.05, 3.63) is 12.2 Å². The lowest BCUT2D eigenvalue weighted by molar-refractivity contribution is -0.143. The van der Waals surface area contributed by atoms with Crippen molar-refractivity contribution in [2.75, 3.05) is 13.2 Å². The van der Waals surface area contributed by atoms with Crippen molar-refractivity contribution in [2.45, 2.75) is 315 Å². The molecule has 0 aromatic carbocycles. The summed E-state index contributed by atoms with van der Waals surface area (Å²) >= 11 is 0. The first-order chi connectivity index (χ1) is 30.0. The third-order valence-electron chi connectivity index (χ3n) is 12.8. The minimum absolute atomic E-state index is 0.00889. The molecule has 0 aromatic rings. The molecule has 0 saturated heterocycles. The number of carbonyl (C=O) groups is 2. The van der Waals surface area contributed by atoms with Gasteiger partial charge in [-0.25, -0.2) is 0 Å². The molecule has 0 rings (SSSR count). The third-order valence-corrected chi connectivity index (χ3v) is 12.8. The second kappa shape index (κ2) is 51.2. The summed E-state index contributed by atoms with van der Waals surface area (Å²) in [6, 6.07) is -0.552. The van der Waals surface area contributed by atoms with Crippen molar-refractivity contribution in [1.82, 2.24) is 5.32 Å². The highest BCUT2D eigenvalue weighted by Gasteiger charge is 2.20. The number of hydrogen-bond donors (Lipinski definition) is 3. The number of nitrogens with one attached hydrogen (secondary N) is 1. The summed E-state index contributed by atoms with van der Waals surface area (Å²) in [5, 5.41) is 23.3. The summed E-state index contributed by atoms with van der Waals surface area (Å²) in [6.07, 6.45) is 59.0. The van der Waals surface area contributed by atoms with E-state index in [2.05, 4.69) is 31.3 Å². The first-order valence-electron chi connectivity index (χ1n) is 27.4. The van der Waals surface area contributed by atoms with Crippen LogP contribution < -0.4 is 5.32 Å². The van der Waals surface area contributed by atoms with Gasteiger partial charge in [-0.15, -0.1) is 0 Å². The van der Waals surface area contributed by atoms with Crippen LogP contribution in [0.15, 0.2) is 12.2 Å². The maximum atomic E-state index is 12.5. The Balaban J connectivity index is 3.47. The van der Waals surface area contributed by atoms with Gasteiger partial charge in [0.25, 0.3) is 0 Å². The number of ether oxygens (including phenoxy) is 1. The molecule has 0 bridgehead atoms. The quantitative estimate of drug-likeness (QED) is 0.0322. The largest absolute Gasteiger partial charge is 0.466 e. The van der Waals surface area contributed by atoms with Crippen molar-refractivity contribution in [3.63, 3.8) is 0 Å². The summed E-state index contributed by atoms with van der Waals surface area (Å²) in [6.45, 7) is 4.93. The van der Waals surface area contributed by atoms with E-state index in [4.69, 9.17) is 4.74 Å². The van der Waals surface area contributed by atoms with Crippen LogP contribution in [-0.4, -0.2) is 47.4 Å². The van der Waals surface area contributed by atoms with Gasteiger partial charge in [0.15, 0.2) is 0 Å². The lowest BCUT2D eigenvalue weighted by Gasteiger charge is -2.22. The Kier molecular flexibility index (Phi) is 50.1. The topological polar surface area (TPSA) is 95.9 Å². The fourth-order valence-electron chi connectivity index (χ4n) is 8.58. The Labute approximate surface area is 380 Å². The van der Waals surface area contributed by atoms with Crippen LogP contribution >= 0.6 is 0 Å². The van der Waals surface area contributed by atoms with Crippen LogP contribution in [-0.2, 0) is 14.3 Å². The number of hydrogen-bond acceptors (Lipinski definition) is 5. The fraction of sp³-hybridized carbons (Fsp3) is 0.927. The Morgan fingerprint density at radius 2 is 0.770 bits per heavy atom. The van der Waals surface area contributed by atoms with Crippen LogP contribution in [0.3, 0.4) is 0 Å². The van der Waals surface area contributed by atoms with Gasteiger partial charge in [0.1, 0.15) is 0 Å². The van der Waals surface area contributed by atoms with Gasteiger partial charge in [-0.1, -0.05) is 251 Å². The molecule has 0 heterocycles. The van der Waals surface area contributed by atoms with Crippen LogP contribution in [0.1, 0.15) is 303 Å². The Morgan fingerprint density at radius 1 is 0.443 bits per heavy atom. The van der Waals surface area contributed by atoms with E-state index in [-0.39, 0.29) is 18.5 Å². The first kappa shape index (κ1) is 59.6. The standard InChI is InChI=1S/C55H107NO5/c1-3-5-7-9-11-13-15-17-18-19-21-24-27-31-35-39-43-47-53(58)52(51-57)56-54(59)48-44-40-36-32-28-25-22-20-23-26-30-34-38-42-46-50-61-55(60)49-45-41-37-33-29-16-14-12-10-8-6-4-2/h23,26,52-53,57-58H,3-22,24-25,27-51H2,1-2H3,(H,56,59)/b26-23-. The summed E-state index contributed by atoms with van der Waals surface area (Å²) in [4.78, 5) is 24.5. The molecular weight excluding hydrogens is 755 g/mol. The minimum Gasteiger partial charge on any atom is -0.466 e. The highest BCUT2D eigenvalue weighted by atomic mass is 16.5. The molecule has 0 aromatic heterocycles. The molecule has 61 heavy (non-hydrogen) atoms. The molecule has 2 unspecified atom stereocenters. The second-order valence-corrected chi connectivity index (χ2v) is 18.9. The van der Waals surface area contributed by atoms with E-state index in [0.29, 0.717) is 25.9 Å². The molecule has 362 valence electrons. The van der Waals surface area contributed by atoms with Gasteiger partial charge < -0.3 is 20.3 Å². The Morgan fingerprint density at radius 3 is 1.16 bits per heavy atom. The van der Waals surface area contributed by atoms with E-state index in [0.717, 1.165) is 70.6 Å². The van der Waals surface area contributed by atoms with Crippen molar-refractivity contribution in [1.29, 1.82) is 0 Å². The SMILES string of the molecule is CCCCCCCCCCCCCCCCCCCC(O)C(CO)NC(=O)CCCCCCCCC/C=C\CCCCCCOC(=O)CCCCCCCCCCCCCC. The Bertz CT molecular complexity index is 909. The molecule has 0 aliphatic heterocycles. The van der Waals surface area contributed by atoms with Crippen molar-refractivity contribution < 1.29 is 24.5 Å². The molecule has 0 aliphatic rings. The molecule has 2 atom stereocenters. The van der Waals surface area contributed by atoms with Crippen LogP contribution in [0, 0.1) is 0 Å². The summed E-state index contributed by atoms with van der Waals surface area (Å²) < 4.78 is 5.45. The summed E-state index contributed by atoms with van der Waals surface area (Å²) in [5.41, 5.74) is 0. The number of unbranched alkanes of at least 4 members (excludes halogenated alkanes) is 38. The van der Waals surface area contributed by atoms with Crippen LogP contribution in [0.4, 0.5) is 0 Å². The number of allylic oxidation sites excluding steroid dienone is 2. The summed E-state index contributed by atoms with van der Waals surface area (Å²) in [5.74, 6) is -0.0568. The third kappa shape index (κ3) is 47.9. The molecular formula is C55H107NO5. The second-order valence-electron chi connectivity index (χ2n) is 18.9. The monoisotopic (exact) mass is 862 g/mol. The van der Waals surface area contributed by atoms with E-state index >= 15 is 0 Å². The normalized spacial score (nSPS) is 12.7. The lowest BCUT2D eigenvalue weighted by Crippen LogP contribution is -2.45. The average Bonchev–Trinajstić information content (AvgIpc) is 3.26. The number of rotatable bonds is 51. The van der Waals surface area contributed by atoms with E-state index in [1.807, 2.05) is 0 Å². The highest BCUT2D eigenvalue weighted by Crippen LogP contribution is 2.17. The molecule has 0 aliphatic carbocycles. The smallest absolute Gasteiger partial charge is 0.305 e. The predicted octanol–water partition coefficient (Wildman–Crippen LogP) is 16.5. The van der Waals surface area contributed by atoms with Crippen LogP contribution in [0.25, 0.3) is 0 Å². The number of carbonyl (C=O) groups excluding carboxylic acids is 2. The molecule has 0 fully saturated rings. The van der Waals surface area contributed by atoms with E-state index in [1.54, 1.807) is 0 Å². The zero-order valence-electron chi connectivity index (χ0n) is 41.2. The maximum absolute atomic E-state index is 12.5. The van der Waals surface area contributed by atoms with Gasteiger partial charge in [-0.05, 0) is 51.4 Å². The van der Waals surface area contributed by atoms with Gasteiger partial charge in [0, 0.05) is 12.8 Å². The molecule has 6 nitrogen and oxygen atoms in total. The summed E-state index contributed by atoms with van der Waals surface area (Å²) in [7, 11) is 0. The van der Waals surface area contributed by atoms with Crippen LogP contribution in [0.2, 0.25) is 0 Å². The number of esters is 1. The van der Waals surface area contributed by atoms with Gasteiger partial charge >= 0.3 is 5.97 Å². The first-order valence-corrected chi connectivity index (χ1v) is 27.4. The number of amides is 1. The number of aliphatic hydroxyl groups excluding tert-OH is 2. The molecule has 3 N–H and O–H groups in total. The van der Waals surface area contributed by atoms with Crippen molar-refractivity contribution in [2.24, 2.45) is 0 Å². The zero-order chi connectivity index (χ0) is 44.4. The van der Waals surface area contributed by atoms with E-state index in [1.165, 1.54) is 199 Å². The fourth-order valence-corrected chi connectivity index (χ4v) is 8.58. The zero-order valence-corrected chi connectivity index (χ0v) is 41.2. The molecule has 6 heteroatoms. The van der Waals surface area contributed by atoms with Gasteiger partial charge in [0.2, 0.25) is 5.91 Å². The minimum atomic E-state index is -0.673. The van der Waals surface area contributed by atoms with Gasteiger partial charge in [-0.2, -0.15) is 0 Å². The molecule has 0 radical (unpaired) electrons. The van der Waals surface area contributed by atoms with Gasteiger partial charge in [-0.3, -0.25) is 9.59 Å². The van der Waals surface area contributed by atoms with Gasteiger partial charge in [0.05, 0.1) is 25.4 Å². The molecule has 0 spiro atoms. The number of aliphatic hydroxyl groups is 2. The predicted molar refractivity (Wildman–Crippen MR) is 264 cm³/mol. The lowest BCUT2D eigenvalue weighted by atomic mass is 10.0. The van der Waals surface area contributed by atoms with Crippen molar-refractivity contribution >= 4 is 11.9 Å². The van der Waals surface area contributed by atoms with Crippen LogP contribution in [0.5, 0.6) is 0 Å². The highest BCUT2D eigenvalue weighted by molar-refractivity contribution is 5.76. The Hall–Kier alpha value is -1.40. The van der Waals surface area contributed by atoms with E-state index < -0.39 is 12.1 Å². The average molecular weight is 862 g/mol. The maximum Gasteiger partial charge on any atom is 0.305 e. The molecule has 1 amide bonds. The van der Waals surface area contributed by atoms with E-state index in [9.17, 15) is 19.8 Å². The van der Waals surface area contributed by atoms with Crippen molar-refractivity contribution in [3.8, 4) is 0 Å².